The number of aromatic nitrogens is 3. The topological polar surface area (TPSA) is 67.7 Å². The zero-order valence-electron chi connectivity index (χ0n) is 18.4. The Kier molecular flexibility index (Phi) is 6.93. The molecule has 3 heterocycles. The Morgan fingerprint density at radius 3 is 2.52 bits per heavy atom. The maximum atomic E-state index is 5.39. The van der Waals surface area contributed by atoms with Crippen molar-refractivity contribution in [1.82, 2.24) is 19.7 Å². The molecule has 166 valence electrons. The first-order valence-corrected chi connectivity index (χ1v) is 11.5. The van der Waals surface area contributed by atoms with Crippen molar-refractivity contribution in [3.8, 4) is 16.6 Å². The molecule has 0 bridgehead atoms. The molecule has 0 spiro atoms. The van der Waals surface area contributed by atoms with Crippen LogP contribution in [-0.2, 0) is 6.54 Å². The Morgan fingerprint density at radius 1 is 1.00 bits per heavy atom. The second kappa shape index (κ2) is 10.0. The summed E-state index contributed by atoms with van der Waals surface area (Å²) in [6, 6.07) is 9.95. The summed E-state index contributed by atoms with van der Waals surface area (Å²) in [5, 5.41) is 14.3. The molecule has 9 heteroatoms. The van der Waals surface area contributed by atoms with E-state index >= 15 is 0 Å². The molecule has 0 atom stereocenters. The van der Waals surface area contributed by atoms with Gasteiger partial charge in [0.25, 0.3) is 0 Å². The van der Waals surface area contributed by atoms with Crippen LogP contribution in [0.15, 0.2) is 36.5 Å². The summed E-state index contributed by atoms with van der Waals surface area (Å²) in [5.74, 6) is 1.42. The predicted molar refractivity (Wildman–Crippen MR) is 125 cm³/mol. The lowest BCUT2D eigenvalue weighted by Gasteiger charge is -2.33. The smallest absolute Gasteiger partial charge is 0.218 e. The van der Waals surface area contributed by atoms with Gasteiger partial charge in [-0.1, -0.05) is 18.3 Å². The maximum absolute atomic E-state index is 5.39. The minimum atomic E-state index is 0.660. The van der Waals surface area contributed by atoms with Crippen LogP contribution in [0, 0.1) is 0 Å². The second-order valence-electron chi connectivity index (χ2n) is 7.49. The Hall–Kier alpha value is -2.78. The molecular formula is C22H30N6O2S. The van der Waals surface area contributed by atoms with Crippen LogP contribution >= 0.6 is 11.3 Å². The van der Waals surface area contributed by atoms with Gasteiger partial charge in [-0.3, -0.25) is 9.47 Å². The van der Waals surface area contributed by atoms with E-state index in [4.69, 9.17) is 9.47 Å². The van der Waals surface area contributed by atoms with Gasteiger partial charge in [0.1, 0.15) is 0 Å². The molecule has 8 nitrogen and oxygen atoms in total. The molecule has 3 aromatic rings. The van der Waals surface area contributed by atoms with Crippen LogP contribution in [0.3, 0.4) is 0 Å². The van der Waals surface area contributed by atoms with Crippen molar-refractivity contribution in [2.75, 3.05) is 57.2 Å². The molecule has 1 N–H and O–H groups in total. The van der Waals surface area contributed by atoms with Gasteiger partial charge in [0.2, 0.25) is 10.3 Å². The third-order valence-electron chi connectivity index (χ3n) is 5.48. The van der Waals surface area contributed by atoms with E-state index < -0.39 is 0 Å². The Labute approximate surface area is 187 Å². The molecule has 0 saturated carbocycles. The SMILES string of the molecule is CCCN1CCN(c2nnc(-n3cccc3CNc3ccc(OC)c(OC)c3)s2)CC1. The number of hydrogen-bond acceptors (Lipinski definition) is 8. The maximum Gasteiger partial charge on any atom is 0.218 e. The molecule has 0 unspecified atom stereocenters. The third kappa shape index (κ3) is 4.94. The van der Waals surface area contributed by atoms with E-state index in [0.29, 0.717) is 18.0 Å². The van der Waals surface area contributed by atoms with Gasteiger partial charge in [-0.15, -0.1) is 10.2 Å². The molecule has 1 aromatic carbocycles. The Morgan fingerprint density at radius 2 is 1.77 bits per heavy atom. The molecule has 1 aliphatic heterocycles. The van der Waals surface area contributed by atoms with Crippen LogP contribution in [0.5, 0.6) is 11.5 Å². The average Bonchev–Trinajstić information content (AvgIpc) is 3.47. The monoisotopic (exact) mass is 442 g/mol. The third-order valence-corrected chi connectivity index (χ3v) is 6.47. The molecule has 0 aliphatic carbocycles. The molecule has 0 radical (unpaired) electrons. The summed E-state index contributed by atoms with van der Waals surface area (Å²) in [4.78, 5) is 4.86. The molecule has 2 aromatic heterocycles. The van der Waals surface area contributed by atoms with Crippen LogP contribution in [-0.4, -0.2) is 66.6 Å². The van der Waals surface area contributed by atoms with Gasteiger partial charge >= 0.3 is 0 Å². The molecule has 1 aliphatic rings. The number of ether oxygens (including phenoxy) is 2. The van der Waals surface area contributed by atoms with Crippen LogP contribution in [0.1, 0.15) is 19.0 Å². The van der Waals surface area contributed by atoms with E-state index in [-0.39, 0.29) is 0 Å². The van der Waals surface area contributed by atoms with Crippen LogP contribution in [0.2, 0.25) is 0 Å². The van der Waals surface area contributed by atoms with Crippen LogP contribution in [0.4, 0.5) is 10.8 Å². The number of anilines is 2. The van der Waals surface area contributed by atoms with Crippen molar-refractivity contribution in [2.24, 2.45) is 0 Å². The van der Waals surface area contributed by atoms with Gasteiger partial charge in [0.15, 0.2) is 11.5 Å². The van der Waals surface area contributed by atoms with E-state index in [9.17, 15) is 0 Å². The van der Waals surface area contributed by atoms with E-state index in [0.717, 1.165) is 47.8 Å². The summed E-state index contributed by atoms with van der Waals surface area (Å²) in [6.45, 7) is 8.27. The molecular weight excluding hydrogens is 412 g/mol. The van der Waals surface area contributed by atoms with Gasteiger partial charge in [-0.2, -0.15) is 0 Å². The van der Waals surface area contributed by atoms with Crippen molar-refractivity contribution in [3.63, 3.8) is 0 Å². The van der Waals surface area contributed by atoms with Crippen molar-refractivity contribution in [3.05, 3.63) is 42.2 Å². The highest BCUT2D eigenvalue weighted by atomic mass is 32.1. The number of rotatable bonds is 9. The lowest BCUT2D eigenvalue weighted by Crippen LogP contribution is -2.46. The Balaban J connectivity index is 1.41. The van der Waals surface area contributed by atoms with Gasteiger partial charge in [0.05, 0.1) is 20.8 Å². The first kappa shape index (κ1) is 21.5. The lowest BCUT2D eigenvalue weighted by atomic mass is 10.2. The highest BCUT2D eigenvalue weighted by molar-refractivity contribution is 7.17. The van der Waals surface area contributed by atoms with Gasteiger partial charge < -0.3 is 19.7 Å². The average molecular weight is 443 g/mol. The van der Waals surface area contributed by atoms with Gasteiger partial charge in [0, 0.05) is 49.8 Å². The summed E-state index contributed by atoms with van der Waals surface area (Å²) in [6.07, 6.45) is 3.24. The predicted octanol–water partition coefficient (Wildman–Crippen LogP) is 3.49. The summed E-state index contributed by atoms with van der Waals surface area (Å²) in [7, 11) is 3.28. The second-order valence-corrected chi connectivity index (χ2v) is 8.42. The van der Waals surface area contributed by atoms with Gasteiger partial charge in [-0.25, -0.2) is 0 Å². The zero-order chi connectivity index (χ0) is 21.6. The van der Waals surface area contributed by atoms with Crippen molar-refractivity contribution in [2.45, 2.75) is 19.9 Å². The number of nitrogens with one attached hydrogen (secondary N) is 1. The number of hydrogen-bond donors (Lipinski definition) is 1. The fourth-order valence-corrected chi connectivity index (χ4v) is 4.71. The van der Waals surface area contributed by atoms with E-state index in [1.54, 1.807) is 25.6 Å². The highest BCUT2D eigenvalue weighted by Gasteiger charge is 2.20. The standard InChI is InChI=1S/C22H30N6O2S/c1-4-9-26-11-13-27(14-12-26)21-24-25-22(31-21)28-10-5-6-18(28)16-23-17-7-8-19(29-2)20(15-17)30-3/h5-8,10,15,23H,4,9,11-14,16H2,1-3H3. The van der Waals surface area contributed by atoms with Crippen LogP contribution < -0.4 is 19.7 Å². The van der Waals surface area contributed by atoms with Crippen molar-refractivity contribution in [1.29, 1.82) is 0 Å². The summed E-state index contributed by atoms with van der Waals surface area (Å²) < 4.78 is 12.8. The summed E-state index contributed by atoms with van der Waals surface area (Å²) in [5.41, 5.74) is 2.08. The first-order valence-electron chi connectivity index (χ1n) is 10.6. The fraction of sp³-hybridized carbons (Fsp3) is 0.455. The molecule has 1 saturated heterocycles. The number of nitrogens with zero attached hydrogens (tertiary/aromatic N) is 5. The summed E-state index contributed by atoms with van der Waals surface area (Å²) >= 11 is 1.64. The first-order chi connectivity index (χ1) is 15.2. The molecule has 0 amide bonds. The number of piperazine rings is 1. The van der Waals surface area contributed by atoms with Crippen molar-refractivity contribution < 1.29 is 9.47 Å². The van der Waals surface area contributed by atoms with E-state index in [1.165, 1.54) is 13.0 Å². The number of benzene rings is 1. The molecule has 4 rings (SSSR count). The van der Waals surface area contributed by atoms with Gasteiger partial charge in [-0.05, 0) is 37.2 Å². The van der Waals surface area contributed by atoms with Crippen LogP contribution in [0.25, 0.3) is 5.13 Å². The molecule has 31 heavy (non-hydrogen) atoms. The largest absolute Gasteiger partial charge is 0.493 e. The molecule has 1 fully saturated rings. The highest BCUT2D eigenvalue weighted by Crippen LogP contribution is 2.30. The normalized spacial score (nSPS) is 14.6. The lowest BCUT2D eigenvalue weighted by molar-refractivity contribution is 0.258. The minimum absolute atomic E-state index is 0.660. The zero-order valence-corrected chi connectivity index (χ0v) is 19.2. The van der Waals surface area contributed by atoms with E-state index in [2.05, 4.69) is 42.9 Å². The van der Waals surface area contributed by atoms with Crippen molar-refractivity contribution >= 4 is 22.2 Å². The quantitative estimate of drug-likeness (QED) is 0.544. The minimum Gasteiger partial charge on any atom is -0.493 e. The fourth-order valence-electron chi connectivity index (χ4n) is 3.80. The Bertz CT molecular complexity index is 980. The van der Waals surface area contributed by atoms with E-state index in [1.807, 2.05) is 30.5 Å². The number of methoxy groups -OCH3 is 2.